The lowest BCUT2D eigenvalue weighted by Gasteiger charge is -2.14. The number of carbonyl (C=O) groups excluding carboxylic acids is 1. The lowest BCUT2D eigenvalue weighted by molar-refractivity contribution is -0.121. The second-order valence-corrected chi connectivity index (χ2v) is 6.24. The third kappa shape index (κ3) is 4.66. The number of carbonyl (C=O) groups is 1. The van der Waals surface area contributed by atoms with E-state index in [0.717, 1.165) is 18.4 Å². The van der Waals surface area contributed by atoms with Gasteiger partial charge in [-0.25, -0.2) is 0 Å². The van der Waals surface area contributed by atoms with Crippen LogP contribution in [0.1, 0.15) is 36.2 Å². The van der Waals surface area contributed by atoms with E-state index < -0.39 is 0 Å². The van der Waals surface area contributed by atoms with Crippen LogP contribution in [0, 0.1) is 0 Å². The summed E-state index contributed by atoms with van der Waals surface area (Å²) in [5.74, 6) is 0.101. The molecule has 106 valence electrons. The molecule has 0 radical (unpaired) electrons. The molecule has 0 aliphatic carbocycles. The van der Waals surface area contributed by atoms with Gasteiger partial charge in [-0.15, -0.1) is 11.3 Å². The van der Waals surface area contributed by atoms with E-state index in [1.165, 1.54) is 4.88 Å². The maximum Gasteiger partial charge on any atom is 0.220 e. The van der Waals surface area contributed by atoms with Crippen LogP contribution in [0.15, 0.2) is 41.8 Å². The highest BCUT2D eigenvalue weighted by molar-refractivity contribution is 7.09. The summed E-state index contributed by atoms with van der Waals surface area (Å²) in [6.45, 7) is 1.99. The van der Waals surface area contributed by atoms with Crippen molar-refractivity contribution < 1.29 is 4.79 Å². The Labute approximate surface area is 128 Å². The molecular formula is C16H18ClNOS. The van der Waals surface area contributed by atoms with Crippen molar-refractivity contribution in [3.05, 3.63) is 57.2 Å². The van der Waals surface area contributed by atoms with Gasteiger partial charge in [0.25, 0.3) is 0 Å². The highest BCUT2D eigenvalue weighted by atomic mass is 35.5. The monoisotopic (exact) mass is 307 g/mol. The fourth-order valence-corrected chi connectivity index (χ4v) is 2.90. The number of hydrogen-bond acceptors (Lipinski definition) is 2. The third-order valence-electron chi connectivity index (χ3n) is 3.15. The summed E-state index contributed by atoms with van der Waals surface area (Å²) in [5.41, 5.74) is 1.07. The van der Waals surface area contributed by atoms with Gasteiger partial charge in [-0.2, -0.15) is 0 Å². The van der Waals surface area contributed by atoms with E-state index >= 15 is 0 Å². The van der Waals surface area contributed by atoms with Crippen LogP contribution >= 0.6 is 22.9 Å². The molecule has 0 spiro atoms. The number of amides is 1. The summed E-state index contributed by atoms with van der Waals surface area (Å²) in [6, 6.07) is 11.7. The van der Waals surface area contributed by atoms with Gasteiger partial charge in [-0.3, -0.25) is 4.79 Å². The normalized spacial score (nSPS) is 12.1. The standard InChI is InChI=1S/C16H18ClNOS/c1-12(13-7-9-14(17)10-8-13)18-16(19)6-2-4-15-5-3-11-20-15/h3,5,7-12H,2,4,6H2,1H3,(H,18,19). The Bertz CT molecular complexity index is 536. The molecule has 1 aromatic carbocycles. The maximum absolute atomic E-state index is 11.9. The van der Waals surface area contributed by atoms with Gasteiger partial charge in [-0.05, 0) is 48.9 Å². The Kier molecular flexibility index (Phi) is 5.62. The van der Waals surface area contributed by atoms with E-state index in [2.05, 4.69) is 16.8 Å². The summed E-state index contributed by atoms with van der Waals surface area (Å²) in [5, 5.41) is 5.80. The van der Waals surface area contributed by atoms with Gasteiger partial charge in [-0.1, -0.05) is 29.8 Å². The quantitative estimate of drug-likeness (QED) is 0.830. The molecule has 2 nitrogen and oxygen atoms in total. The fourth-order valence-electron chi connectivity index (χ4n) is 2.03. The van der Waals surface area contributed by atoms with E-state index in [-0.39, 0.29) is 11.9 Å². The minimum absolute atomic E-state index is 0.0153. The summed E-state index contributed by atoms with van der Waals surface area (Å²) >= 11 is 7.60. The average molecular weight is 308 g/mol. The largest absolute Gasteiger partial charge is 0.350 e. The summed E-state index contributed by atoms with van der Waals surface area (Å²) in [7, 11) is 0. The van der Waals surface area contributed by atoms with Crippen molar-refractivity contribution in [3.63, 3.8) is 0 Å². The lowest BCUT2D eigenvalue weighted by atomic mass is 10.1. The molecule has 2 rings (SSSR count). The van der Waals surface area contributed by atoms with Gasteiger partial charge in [0.2, 0.25) is 5.91 Å². The first-order valence-electron chi connectivity index (χ1n) is 6.72. The molecule has 0 saturated heterocycles. The summed E-state index contributed by atoms with van der Waals surface area (Å²) in [4.78, 5) is 13.2. The van der Waals surface area contributed by atoms with Crippen LogP contribution in [-0.2, 0) is 11.2 Å². The Hall–Kier alpha value is -1.32. The molecule has 1 aromatic heterocycles. The Morgan fingerprint density at radius 3 is 2.70 bits per heavy atom. The lowest BCUT2D eigenvalue weighted by Crippen LogP contribution is -2.26. The Morgan fingerprint density at radius 1 is 1.30 bits per heavy atom. The second-order valence-electron chi connectivity index (χ2n) is 4.77. The minimum Gasteiger partial charge on any atom is -0.350 e. The predicted octanol–water partition coefficient (Wildman–Crippen LogP) is 4.60. The van der Waals surface area contributed by atoms with Gasteiger partial charge in [0, 0.05) is 16.3 Å². The number of thiophene rings is 1. The van der Waals surface area contributed by atoms with E-state index in [1.807, 2.05) is 37.3 Å². The van der Waals surface area contributed by atoms with Gasteiger partial charge in [0.1, 0.15) is 0 Å². The first kappa shape index (κ1) is 15.1. The third-order valence-corrected chi connectivity index (χ3v) is 4.34. The molecule has 1 heterocycles. The second kappa shape index (κ2) is 7.46. The molecule has 0 fully saturated rings. The molecular weight excluding hydrogens is 290 g/mol. The maximum atomic E-state index is 11.9. The molecule has 1 unspecified atom stereocenters. The van der Waals surface area contributed by atoms with Crippen molar-refractivity contribution in [3.8, 4) is 0 Å². The van der Waals surface area contributed by atoms with Crippen LogP contribution in [0.5, 0.6) is 0 Å². The zero-order valence-corrected chi connectivity index (χ0v) is 13.0. The van der Waals surface area contributed by atoms with Crippen LogP contribution in [0.4, 0.5) is 0 Å². The van der Waals surface area contributed by atoms with Crippen molar-refractivity contribution in [2.24, 2.45) is 0 Å². The van der Waals surface area contributed by atoms with Gasteiger partial charge in [0.15, 0.2) is 0 Å². The average Bonchev–Trinajstić information content (AvgIpc) is 2.92. The molecule has 1 amide bonds. The number of nitrogens with one attached hydrogen (secondary N) is 1. The molecule has 1 N–H and O–H groups in total. The fraction of sp³-hybridized carbons (Fsp3) is 0.312. The molecule has 0 aliphatic heterocycles. The molecule has 0 saturated carbocycles. The van der Waals surface area contributed by atoms with Gasteiger partial charge < -0.3 is 5.32 Å². The minimum atomic E-state index is 0.0153. The van der Waals surface area contributed by atoms with Crippen molar-refractivity contribution in [2.45, 2.75) is 32.2 Å². The molecule has 1 atom stereocenters. The molecule has 0 aliphatic rings. The summed E-state index contributed by atoms with van der Waals surface area (Å²) in [6.07, 6.45) is 2.43. The first-order valence-corrected chi connectivity index (χ1v) is 7.98. The van der Waals surface area contributed by atoms with Crippen LogP contribution in [0.2, 0.25) is 5.02 Å². The van der Waals surface area contributed by atoms with E-state index in [1.54, 1.807) is 11.3 Å². The number of hydrogen-bond donors (Lipinski definition) is 1. The van der Waals surface area contributed by atoms with Crippen molar-refractivity contribution in [1.29, 1.82) is 0 Å². The Balaban J connectivity index is 1.74. The van der Waals surface area contributed by atoms with Crippen molar-refractivity contribution in [1.82, 2.24) is 5.32 Å². The predicted molar refractivity (Wildman–Crippen MR) is 85.3 cm³/mol. The van der Waals surface area contributed by atoms with Crippen LogP contribution in [0.25, 0.3) is 0 Å². The SMILES string of the molecule is CC(NC(=O)CCCc1cccs1)c1ccc(Cl)cc1. The topological polar surface area (TPSA) is 29.1 Å². The first-order chi connectivity index (χ1) is 9.65. The Morgan fingerprint density at radius 2 is 2.05 bits per heavy atom. The molecule has 2 aromatic rings. The highest BCUT2D eigenvalue weighted by Gasteiger charge is 2.09. The van der Waals surface area contributed by atoms with Crippen molar-refractivity contribution in [2.75, 3.05) is 0 Å². The number of halogens is 1. The summed E-state index contributed by atoms with van der Waals surface area (Å²) < 4.78 is 0. The molecule has 0 bridgehead atoms. The zero-order valence-electron chi connectivity index (χ0n) is 11.4. The van der Waals surface area contributed by atoms with E-state index in [0.29, 0.717) is 11.4 Å². The highest BCUT2D eigenvalue weighted by Crippen LogP contribution is 2.16. The van der Waals surface area contributed by atoms with Gasteiger partial charge >= 0.3 is 0 Å². The number of rotatable bonds is 6. The van der Waals surface area contributed by atoms with Crippen LogP contribution in [-0.4, -0.2) is 5.91 Å². The van der Waals surface area contributed by atoms with Crippen molar-refractivity contribution >= 4 is 28.8 Å². The number of benzene rings is 1. The van der Waals surface area contributed by atoms with Crippen LogP contribution < -0.4 is 5.32 Å². The molecule has 20 heavy (non-hydrogen) atoms. The van der Waals surface area contributed by atoms with Crippen LogP contribution in [0.3, 0.4) is 0 Å². The molecule has 4 heteroatoms. The smallest absolute Gasteiger partial charge is 0.220 e. The van der Waals surface area contributed by atoms with Gasteiger partial charge in [0.05, 0.1) is 6.04 Å². The van der Waals surface area contributed by atoms with E-state index in [4.69, 9.17) is 11.6 Å². The number of aryl methyl sites for hydroxylation is 1. The van der Waals surface area contributed by atoms with E-state index in [9.17, 15) is 4.79 Å². The zero-order chi connectivity index (χ0) is 14.4.